The molecule has 10 heteroatoms. The van der Waals surface area contributed by atoms with Gasteiger partial charge in [-0.15, -0.1) is 0 Å². The second-order valence-corrected chi connectivity index (χ2v) is 11.6. The molecular formula is C28H23FN6O2S. The molecule has 0 fully saturated rings. The van der Waals surface area contributed by atoms with E-state index in [1.54, 1.807) is 12.4 Å². The molecule has 0 spiro atoms. The van der Waals surface area contributed by atoms with Crippen LogP contribution in [-0.2, 0) is 16.3 Å². The Morgan fingerprint density at radius 3 is 2.66 bits per heavy atom. The van der Waals surface area contributed by atoms with Gasteiger partial charge in [0.2, 0.25) is 0 Å². The van der Waals surface area contributed by atoms with E-state index in [-0.39, 0.29) is 12.2 Å². The highest BCUT2D eigenvalue weighted by molar-refractivity contribution is 7.90. The number of sulfone groups is 1. The van der Waals surface area contributed by atoms with Crippen molar-refractivity contribution in [2.75, 3.05) is 17.7 Å². The number of benzene rings is 2. The lowest BCUT2D eigenvalue weighted by Crippen LogP contribution is -2.06. The number of pyridine rings is 2. The van der Waals surface area contributed by atoms with Crippen LogP contribution < -0.4 is 5.73 Å². The molecule has 0 aliphatic heterocycles. The Hall–Kier alpha value is -4.57. The Balaban J connectivity index is 1.43. The average Bonchev–Trinajstić information content (AvgIpc) is 3.50. The number of hydrogen-bond donors (Lipinski definition) is 3. The summed E-state index contributed by atoms with van der Waals surface area (Å²) in [5, 5.41) is 8.44. The van der Waals surface area contributed by atoms with E-state index in [1.807, 2.05) is 48.5 Å². The van der Waals surface area contributed by atoms with Crippen LogP contribution in [0, 0.1) is 5.82 Å². The minimum atomic E-state index is -3.16. The van der Waals surface area contributed by atoms with Gasteiger partial charge in [0, 0.05) is 35.1 Å². The lowest BCUT2D eigenvalue weighted by molar-refractivity contribution is 0.600. The number of nitrogens with zero attached hydrogens (tertiary/aromatic N) is 3. The van der Waals surface area contributed by atoms with Crippen molar-refractivity contribution in [3.8, 4) is 33.8 Å². The summed E-state index contributed by atoms with van der Waals surface area (Å²) < 4.78 is 37.8. The van der Waals surface area contributed by atoms with E-state index >= 15 is 0 Å². The Morgan fingerprint density at radius 1 is 0.974 bits per heavy atom. The highest BCUT2D eigenvalue weighted by Gasteiger charge is 2.16. The average molecular weight is 527 g/mol. The number of halogens is 1. The molecule has 0 aliphatic rings. The first-order chi connectivity index (χ1) is 18.2. The molecule has 0 radical (unpaired) electrons. The van der Waals surface area contributed by atoms with Crippen molar-refractivity contribution in [2.45, 2.75) is 6.42 Å². The van der Waals surface area contributed by atoms with Gasteiger partial charge in [-0.25, -0.2) is 17.8 Å². The van der Waals surface area contributed by atoms with E-state index in [2.05, 4.69) is 20.2 Å². The number of rotatable bonds is 6. The molecule has 4 aromatic heterocycles. The maximum Gasteiger partial charge on any atom is 0.147 e. The fourth-order valence-corrected chi connectivity index (χ4v) is 5.24. The van der Waals surface area contributed by atoms with Crippen LogP contribution in [0.1, 0.15) is 5.56 Å². The SMILES string of the molecule is CS(=O)(=O)CCc1cc(F)cc(-c2cccc3[nH]c(-c4n[nH]c5ccc(-c6cncc(N)c6)nc45)cc23)c1. The summed E-state index contributed by atoms with van der Waals surface area (Å²) in [4.78, 5) is 12.4. The van der Waals surface area contributed by atoms with Gasteiger partial charge in [-0.1, -0.05) is 18.2 Å². The van der Waals surface area contributed by atoms with Gasteiger partial charge >= 0.3 is 0 Å². The van der Waals surface area contributed by atoms with Gasteiger partial charge in [0.1, 0.15) is 26.9 Å². The highest BCUT2D eigenvalue weighted by atomic mass is 32.2. The van der Waals surface area contributed by atoms with Crippen LogP contribution in [0.4, 0.5) is 10.1 Å². The molecule has 0 amide bonds. The van der Waals surface area contributed by atoms with E-state index in [4.69, 9.17) is 10.7 Å². The minimum absolute atomic E-state index is 0.0404. The first-order valence-electron chi connectivity index (χ1n) is 11.9. The van der Waals surface area contributed by atoms with Crippen molar-refractivity contribution in [3.63, 3.8) is 0 Å². The molecule has 0 saturated heterocycles. The topological polar surface area (TPSA) is 130 Å². The molecule has 0 atom stereocenters. The number of aromatic nitrogens is 5. The van der Waals surface area contributed by atoms with Gasteiger partial charge in [-0.3, -0.25) is 10.1 Å². The standard InChI is InChI=1S/C28H23FN6O2S/c1-38(36,37)8-7-16-9-17(11-19(29)10-16)21-3-2-4-24-22(21)13-26(32-24)28-27-25(34-35-28)6-5-23(33-27)18-12-20(30)15-31-14-18/h2-6,9-15,32H,7-8,30H2,1H3,(H,34,35). The van der Waals surface area contributed by atoms with Crippen LogP contribution in [0.25, 0.3) is 55.7 Å². The molecule has 4 N–H and O–H groups in total. The van der Waals surface area contributed by atoms with Gasteiger partial charge in [0.25, 0.3) is 0 Å². The summed E-state index contributed by atoms with van der Waals surface area (Å²) in [6, 6.07) is 18.0. The third kappa shape index (κ3) is 4.61. The number of nitrogens with two attached hydrogens (primary N) is 1. The fraction of sp³-hybridized carbons (Fsp3) is 0.107. The Bertz CT molecular complexity index is 1940. The third-order valence-electron chi connectivity index (χ3n) is 6.41. The van der Waals surface area contributed by atoms with Crippen molar-refractivity contribution in [3.05, 3.63) is 84.4 Å². The Labute approximate surface area is 217 Å². The number of aryl methyl sites for hydroxylation is 1. The largest absolute Gasteiger partial charge is 0.397 e. The maximum absolute atomic E-state index is 14.5. The summed E-state index contributed by atoms with van der Waals surface area (Å²) >= 11 is 0. The predicted octanol–water partition coefficient (Wildman–Crippen LogP) is 5.14. The monoisotopic (exact) mass is 526 g/mol. The van der Waals surface area contributed by atoms with E-state index in [1.165, 1.54) is 18.4 Å². The van der Waals surface area contributed by atoms with Gasteiger partial charge in [-0.05, 0) is 65.6 Å². The van der Waals surface area contributed by atoms with Crippen LogP contribution in [-0.4, -0.2) is 45.6 Å². The van der Waals surface area contributed by atoms with Crippen molar-refractivity contribution >= 4 is 37.5 Å². The Morgan fingerprint density at radius 2 is 1.84 bits per heavy atom. The number of nitrogen functional groups attached to an aromatic ring is 1. The van der Waals surface area contributed by atoms with Crippen LogP contribution >= 0.6 is 0 Å². The van der Waals surface area contributed by atoms with E-state index < -0.39 is 15.7 Å². The number of anilines is 1. The third-order valence-corrected chi connectivity index (χ3v) is 7.36. The van der Waals surface area contributed by atoms with Crippen LogP contribution in [0.15, 0.2) is 73.1 Å². The van der Waals surface area contributed by atoms with Gasteiger partial charge in [-0.2, -0.15) is 5.10 Å². The number of H-pyrrole nitrogens is 2. The van der Waals surface area contributed by atoms with Gasteiger partial charge in [0.15, 0.2) is 0 Å². The van der Waals surface area contributed by atoms with Crippen LogP contribution in [0.2, 0.25) is 0 Å². The van der Waals surface area contributed by atoms with Gasteiger partial charge in [0.05, 0.1) is 28.3 Å². The predicted molar refractivity (Wildman–Crippen MR) is 148 cm³/mol. The lowest BCUT2D eigenvalue weighted by Gasteiger charge is -2.08. The number of hydrogen-bond acceptors (Lipinski definition) is 6. The first kappa shape index (κ1) is 23.8. The second-order valence-electron chi connectivity index (χ2n) is 9.35. The van der Waals surface area contributed by atoms with E-state index in [0.717, 1.165) is 38.9 Å². The van der Waals surface area contributed by atoms with Crippen molar-refractivity contribution in [1.82, 2.24) is 25.1 Å². The molecule has 0 aliphatic carbocycles. The zero-order valence-electron chi connectivity index (χ0n) is 20.4. The van der Waals surface area contributed by atoms with Crippen molar-refractivity contribution in [1.29, 1.82) is 0 Å². The van der Waals surface area contributed by atoms with Crippen molar-refractivity contribution < 1.29 is 12.8 Å². The first-order valence-corrected chi connectivity index (χ1v) is 14.0. The maximum atomic E-state index is 14.5. The van der Waals surface area contributed by atoms with Crippen LogP contribution in [0.5, 0.6) is 0 Å². The highest BCUT2D eigenvalue weighted by Crippen LogP contribution is 2.35. The number of fused-ring (bicyclic) bond motifs is 2. The van der Waals surface area contributed by atoms with Crippen LogP contribution in [0.3, 0.4) is 0 Å². The molecule has 0 unspecified atom stereocenters. The summed E-state index contributed by atoms with van der Waals surface area (Å²) in [6.45, 7) is 0. The van der Waals surface area contributed by atoms with E-state index in [9.17, 15) is 12.8 Å². The van der Waals surface area contributed by atoms with E-state index in [0.29, 0.717) is 28.0 Å². The number of nitrogens with one attached hydrogen (secondary N) is 2. The fourth-order valence-electron chi connectivity index (χ4n) is 4.63. The summed E-state index contributed by atoms with van der Waals surface area (Å²) in [5.74, 6) is -0.453. The normalized spacial score (nSPS) is 11.9. The molecule has 190 valence electrons. The molecular weight excluding hydrogens is 503 g/mol. The molecule has 8 nitrogen and oxygen atoms in total. The summed E-state index contributed by atoms with van der Waals surface area (Å²) in [5.41, 5.74) is 13.8. The molecule has 4 heterocycles. The molecule has 0 bridgehead atoms. The Kier molecular flexibility index (Phi) is 5.68. The molecule has 6 aromatic rings. The minimum Gasteiger partial charge on any atom is -0.397 e. The molecule has 0 saturated carbocycles. The molecule has 2 aromatic carbocycles. The zero-order valence-corrected chi connectivity index (χ0v) is 21.2. The smallest absolute Gasteiger partial charge is 0.147 e. The quantitative estimate of drug-likeness (QED) is 0.275. The second kappa shape index (κ2) is 9.07. The number of aromatic amines is 2. The molecule has 38 heavy (non-hydrogen) atoms. The lowest BCUT2D eigenvalue weighted by atomic mass is 9.98. The summed E-state index contributed by atoms with van der Waals surface area (Å²) in [7, 11) is -3.16. The zero-order chi connectivity index (χ0) is 26.4. The molecule has 6 rings (SSSR count). The van der Waals surface area contributed by atoms with Gasteiger partial charge < -0.3 is 10.7 Å². The summed E-state index contributed by atoms with van der Waals surface area (Å²) in [6.07, 6.45) is 4.72. The van der Waals surface area contributed by atoms with Crippen molar-refractivity contribution in [2.24, 2.45) is 0 Å².